The van der Waals surface area contributed by atoms with Crippen LogP contribution in [0, 0.1) is 11.8 Å². The third-order valence-electron chi connectivity index (χ3n) is 5.36. The number of rotatable bonds is 4. The van der Waals surface area contributed by atoms with Crippen LogP contribution in [-0.2, 0) is 9.59 Å². The van der Waals surface area contributed by atoms with Crippen LogP contribution in [-0.4, -0.2) is 51.7 Å². The van der Waals surface area contributed by atoms with Crippen molar-refractivity contribution in [3.8, 4) is 0 Å². The summed E-state index contributed by atoms with van der Waals surface area (Å²) < 4.78 is 0. The van der Waals surface area contributed by atoms with Crippen LogP contribution in [0.5, 0.6) is 0 Å². The van der Waals surface area contributed by atoms with E-state index in [1.807, 2.05) is 0 Å². The van der Waals surface area contributed by atoms with E-state index in [0.717, 1.165) is 19.3 Å². The molecule has 2 atom stereocenters. The van der Waals surface area contributed by atoms with Gasteiger partial charge in [-0.05, 0) is 32.1 Å². The zero-order valence-electron chi connectivity index (χ0n) is 14.8. The van der Waals surface area contributed by atoms with Crippen LogP contribution >= 0.6 is 0 Å². The molecule has 0 bridgehead atoms. The van der Waals surface area contributed by atoms with Crippen molar-refractivity contribution >= 4 is 17.7 Å². The monoisotopic (exact) mass is 359 g/mol. The predicted molar refractivity (Wildman–Crippen MR) is 93.7 cm³/mol. The average Bonchev–Trinajstić information content (AvgIpc) is 2.68. The van der Waals surface area contributed by atoms with Gasteiger partial charge in [0.05, 0.1) is 6.20 Å². The summed E-state index contributed by atoms with van der Waals surface area (Å²) in [4.78, 5) is 46.0. The number of hydrogen-bond donors (Lipinski definition) is 2. The number of carbonyl (C=O) groups is 3. The topological polar surface area (TPSA) is 118 Å². The van der Waals surface area contributed by atoms with Crippen LogP contribution in [0.1, 0.15) is 49.0 Å². The lowest BCUT2D eigenvalue weighted by molar-refractivity contribution is -0.129. The lowest BCUT2D eigenvalue weighted by atomic mass is 9.80. The Bertz CT molecular complexity index is 658. The number of nitrogens with one attached hydrogen (secondary N) is 1. The number of carbonyl (C=O) groups excluding carboxylic acids is 3. The smallest absolute Gasteiger partial charge is 0.274 e. The van der Waals surface area contributed by atoms with Gasteiger partial charge >= 0.3 is 0 Å². The Labute approximate surface area is 152 Å². The van der Waals surface area contributed by atoms with E-state index in [1.165, 1.54) is 18.6 Å². The van der Waals surface area contributed by atoms with Crippen LogP contribution in [0.4, 0.5) is 0 Å². The molecule has 0 radical (unpaired) electrons. The molecule has 1 aromatic rings. The molecular weight excluding hydrogens is 334 g/mol. The third-order valence-corrected chi connectivity index (χ3v) is 5.36. The van der Waals surface area contributed by atoms with Gasteiger partial charge < -0.3 is 16.0 Å². The number of primary amides is 1. The number of nitrogens with zero attached hydrogens (tertiary/aromatic N) is 3. The Hall–Kier alpha value is -2.51. The molecule has 1 aliphatic carbocycles. The standard InChI is InChI=1S/C18H25N5O3/c19-16(24)12-2-1-3-13(10-12)17(25)22-14-4-8-23(9-5-14)18(26)15-11-20-6-7-21-15/h6-7,11-14H,1-5,8-10H2,(H2,19,24)(H,22,25). The minimum Gasteiger partial charge on any atom is -0.369 e. The maximum absolute atomic E-state index is 12.5. The minimum absolute atomic E-state index is 0.00894. The first kappa shape index (κ1) is 18.3. The third kappa shape index (κ3) is 4.36. The molecular formula is C18H25N5O3. The summed E-state index contributed by atoms with van der Waals surface area (Å²) in [5.74, 6) is -0.751. The molecule has 8 nitrogen and oxygen atoms in total. The molecule has 2 heterocycles. The zero-order chi connectivity index (χ0) is 18.5. The molecule has 2 aliphatic rings. The quantitative estimate of drug-likeness (QED) is 0.811. The molecule has 3 rings (SSSR count). The van der Waals surface area contributed by atoms with Crippen molar-refractivity contribution in [3.05, 3.63) is 24.3 Å². The first-order chi connectivity index (χ1) is 12.5. The van der Waals surface area contributed by atoms with Gasteiger partial charge in [0.2, 0.25) is 11.8 Å². The molecule has 1 saturated carbocycles. The fourth-order valence-electron chi connectivity index (χ4n) is 3.80. The molecule has 3 amide bonds. The molecule has 8 heteroatoms. The summed E-state index contributed by atoms with van der Waals surface area (Å²) in [5.41, 5.74) is 5.73. The second-order valence-corrected chi connectivity index (χ2v) is 7.13. The summed E-state index contributed by atoms with van der Waals surface area (Å²) in [6, 6.07) is 0.0577. The maximum Gasteiger partial charge on any atom is 0.274 e. The van der Waals surface area contributed by atoms with E-state index < -0.39 is 0 Å². The second-order valence-electron chi connectivity index (χ2n) is 7.13. The second kappa shape index (κ2) is 8.25. The van der Waals surface area contributed by atoms with Gasteiger partial charge in [-0.3, -0.25) is 19.4 Å². The van der Waals surface area contributed by atoms with E-state index in [-0.39, 0.29) is 35.6 Å². The molecule has 1 saturated heterocycles. The fraction of sp³-hybridized carbons (Fsp3) is 0.611. The summed E-state index contributed by atoms with van der Waals surface area (Å²) >= 11 is 0. The Morgan fingerprint density at radius 3 is 2.46 bits per heavy atom. The molecule has 0 spiro atoms. The zero-order valence-corrected chi connectivity index (χ0v) is 14.8. The van der Waals surface area contributed by atoms with Gasteiger partial charge in [-0.2, -0.15) is 0 Å². The van der Waals surface area contributed by atoms with E-state index in [9.17, 15) is 14.4 Å². The molecule has 0 aromatic carbocycles. The van der Waals surface area contributed by atoms with Crippen LogP contribution < -0.4 is 11.1 Å². The minimum atomic E-state index is -0.307. The molecule has 140 valence electrons. The number of nitrogens with two attached hydrogens (primary N) is 1. The van der Waals surface area contributed by atoms with Gasteiger partial charge in [0.25, 0.3) is 5.91 Å². The molecule has 26 heavy (non-hydrogen) atoms. The average molecular weight is 359 g/mol. The van der Waals surface area contributed by atoms with Crippen molar-refractivity contribution in [2.75, 3.05) is 13.1 Å². The van der Waals surface area contributed by atoms with Crippen LogP contribution in [0.3, 0.4) is 0 Å². The van der Waals surface area contributed by atoms with Gasteiger partial charge in [-0.25, -0.2) is 4.98 Å². The fourth-order valence-corrected chi connectivity index (χ4v) is 3.80. The first-order valence-electron chi connectivity index (χ1n) is 9.19. The van der Waals surface area contributed by atoms with Crippen LogP contribution in [0.2, 0.25) is 0 Å². The van der Waals surface area contributed by atoms with Gasteiger partial charge in [-0.1, -0.05) is 6.42 Å². The van der Waals surface area contributed by atoms with Crippen molar-refractivity contribution in [2.24, 2.45) is 17.6 Å². The Morgan fingerprint density at radius 1 is 1.08 bits per heavy atom. The summed E-state index contributed by atoms with van der Waals surface area (Å²) in [5, 5.41) is 3.09. The van der Waals surface area contributed by atoms with Gasteiger partial charge in [-0.15, -0.1) is 0 Å². The number of piperidine rings is 1. The predicted octanol–water partition coefficient (Wildman–Crippen LogP) is 0.489. The van der Waals surface area contributed by atoms with Crippen molar-refractivity contribution in [2.45, 2.75) is 44.6 Å². The van der Waals surface area contributed by atoms with E-state index in [2.05, 4.69) is 15.3 Å². The first-order valence-corrected chi connectivity index (χ1v) is 9.19. The van der Waals surface area contributed by atoms with Gasteiger partial charge in [0.1, 0.15) is 5.69 Å². The van der Waals surface area contributed by atoms with E-state index >= 15 is 0 Å². The number of amides is 3. The highest BCUT2D eigenvalue weighted by Gasteiger charge is 2.32. The van der Waals surface area contributed by atoms with Gasteiger partial charge in [0.15, 0.2) is 0 Å². The number of aromatic nitrogens is 2. The van der Waals surface area contributed by atoms with E-state index in [0.29, 0.717) is 38.0 Å². The highest BCUT2D eigenvalue weighted by molar-refractivity contribution is 5.92. The van der Waals surface area contributed by atoms with Crippen molar-refractivity contribution in [1.29, 1.82) is 0 Å². The molecule has 1 aliphatic heterocycles. The highest BCUT2D eigenvalue weighted by Crippen LogP contribution is 2.29. The number of likely N-dealkylation sites (tertiary alicyclic amines) is 1. The lowest BCUT2D eigenvalue weighted by Gasteiger charge is -2.34. The maximum atomic E-state index is 12.5. The molecule has 2 fully saturated rings. The Balaban J connectivity index is 1.47. The van der Waals surface area contributed by atoms with Gasteiger partial charge in [0, 0.05) is 43.4 Å². The summed E-state index contributed by atoms with van der Waals surface area (Å²) in [7, 11) is 0. The molecule has 3 N–H and O–H groups in total. The summed E-state index contributed by atoms with van der Waals surface area (Å²) in [6.45, 7) is 1.16. The Kier molecular flexibility index (Phi) is 5.80. The molecule has 2 unspecified atom stereocenters. The van der Waals surface area contributed by atoms with E-state index in [1.54, 1.807) is 4.90 Å². The molecule has 1 aromatic heterocycles. The van der Waals surface area contributed by atoms with E-state index in [4.69, 9.17) is 5.73 Å². The van der Waals surface area contributed by atoms with Crippen LogP contribution in [0.15, 0.2) is 18.6 Å². The SMILES string of the molecule is NC(=O)C1CCCC(C(=O)NC2CCN(C(=O)c3cnccn3)CC2)C1. The largest absolute Gasteiger partial charge is 0.369 e. The highest BCUT2D eigenvalue weighted by atomic mass is 16.2. The van der Waals surface area contributed by atoms with Crippen LogP contribution in [0.25, 0.3) is 0 Å². The lowest BCUT2D eigenvalue weighted by Crippen LogP contribution is -2.48. The Morgan fingerprint density at radius 2 is 1.81 bits per heavy atom. The van der Waals surface area contributed by atoms with Crippen molar-refractivity contribution in [3.63, 3.8) is 0 Å². The summed E-state index contributed by atoms with van der Waals surface area (Å²) in [6.07, 6.45) is 8.92. The van der Waals surface area contributed by atoms with Crippen molar-refractivity contribution < 1.29 is 14.4 Å². The van der Waals surface area contributed by atoms with Crippen molar-refractivity contribution in [1.82, 2.24) is 20.2 Å². The normalized spacial score (nSPS) is 24.1. The number of hydrogen-bond acceptors (Lipinski definition) is 5.